The third-order valence-electron chi connectivity index (χ3n) is 6.15. The molecule has 0 rings (SSSR count). The lowest BCUT2D eigenvalue weighted by molar-refractivity contribution is -0.136. The fourth-order valence-electron chi connectivity index (χ4n) is 4.57. The SMILES string of the molecule is CC(C)CC(C)OP(OC(C)CC(C)C)SCC(C)OP(OC(C)CSP(OC(C)CC(C)C)OC(C)CC(C)C)SCCC(=O)O. The van der Waals surface area contributed by atoms with Crippen LogP contribution in [0, 0.1) is 23.7 Å². The van der Waals surface area contributed by atoms with Gasteiger partial charge in [-0.05, 0) is 90.9 Å². The van der Waals surface area contributed by atoms with Crippen LogP contribution in [0.2, 0.25) is 0 Å². The first-order chi connectivity index (χ1) is 21.9. The first kappa shape index (κ1) is 48.6. The second kappa shape index (κ2) is 28.1. The highest BCUT2D eigenvalue weighted by atomic mass is 32.7. The van der Waals surface area contributed by atoms with E-state index in [2.05, 4.69) is 83.1 Å². The molecule has 0 aromatic carbocycles. The Morgan fingerprint density at radius 3 is 0.979 bits per heavy atom. The average Bonchev–Trinajstić information content (AvgIpc) is 2.88. The molecule has 0 radical (unpaired) electrons. The summed E-state index contributed by atoms with van der Waals surface area (Å²) < 4.78 is 38.5. The van der Waals surface area contributed by atoms with Gasteiger partial charge in [-0.15, -0.1) is 0 Å². The monoisotopic (exact) mass is 782 g/mol. The van der Waals surface area contributed by atoms with Crippen molar-refractivity contribution in [1.82, 2.24) is 0 Å². The van der Waals surface area contributed by atoms with Crippen molar-refractivity contribution in [3.63, 3.8) is 0 Å². The van der Waals surface area contributed by atoms with E-state index in [1.165, 1.54) is 11.4 Å². The second-order valence-corrected chi connectivity index (χ2v) is 23.7. The van der Waals surface area contributed by atoms with Gasteiger partial charge in [0.2, 0.25) is 22.7 Å². The minimum absolute atomic E-state index is 0.0609. The van der Waals surface area contributed by atoms with Gasteiger partial charge in [0.1, 0.15) is 0 Å². The van der Waals surface area contributed by atoms with Crippen molar-refractivity contribution >= 4 is 62.8 Å². The van der Waals surface area contributed by atoms with Crippen molar-refractivity contribution in [3.05, 3.63) is 0 Å². The van der Waals surface area contributed by atoms with Gasteiger partial charge >= 0.3 is 5.97 Å². The zero-order valence-electron chi connectivity index (χ0n) is 31.8. The highest BCUT2D eigenvalue weighted by Crippen LogP contribution is 2.59. The van der Waals surface area contributed by atoms with Gasteiger partial charge in [0.25, 0.3) is 0 Å². The zero-order valence-corrected chi connectivity index (χ0v) is 36.9. The first-order valence-electron chi connectivity index (χ1n) is 17.4. The van der Waals surface area contributed by atoms with E-state index in [0.717, 1.165) is 25.7 Å². The fraction of sp³-hybridized carbons (Fsp3) is 0.970. The van der Waals surface area contributed by atoms with Crippen LogP contribution >= 0.6 is 56.9 Å². The number of rotatable bonds is 30. The summed E-state index contributed by atoms with van der Waals surface area (Å²) in [6, 6.07) is 0. The minimum atomic E-state index is -1.37. The summed E-state index contributed by atoms with van der Waals surface area (Å²) in [4.78, 5) is 11.3. The molecule has 0 saturated heterocycles. The fourth-order valence-corrected chi connectivity index (χ4v) is 15.2. The van der Waals surface area contributed by atoms with Gasteiger partial charge < -0.3 is 32.2 Å². The number of carboxylic acid groups (broad SMARTS) is 1. The first-order valence-corrected chi connectivity index (χ1v) is 25.7. The molecule has 0 aromatic rings. The maximum Gasteiger partial charge on any atom is 0.304 e. The molecule has 6 unspecified atom stereocenters. The summed E-state index contributed by atoms with van der Waals surface area (Å²) in [5, 5.41) is 9.24. The molecule has 0 aliphatic rings. The van der Waals surface area contributed by atoms with Crippen LogP contribution in [0.5, 0.6) is 0 Å². The summed E-state index contributed by atoms with van der Waals surface area (Å²) in [7, 11) is -3.66. The van der Waals surface area contributed by atoms with Gasteiger partial charge in [-0.1, -0.05) is 89.5 Å². The number of hydrogen-bond donors (Lipinski definition) is 1. The number of hydrogen-bond acceptors (Lipinski definition) is 10. The van der Waals surface area contributed by atoms with Gasteiger partial charge in [-0.2, -0.15) is 0 Å². The highest BCUT2D eigenvalue weighted by molar-refractivity contribution is 8.53. The molecule has 0 amide bonds. The lowest BCUT2D eigenvalue weighted by atomic mass is 10.1. The van der Waals surface area contributed by atoms with Crippen LogP contribution < -0.4 is 0 Å². The number of carboxylic acids is 1. The molecule has 14 heteroatoms. The Morgan fingerprint density at radius 1 is 0.468 bits per heavy atom. The maximum atomic E-state index is 11.3. The lowest BCUT2D eigenvalue weighted by Crippen LogP contribution is -2.16. The molecule has 0 fully saturated rings. The average molecular weight is 783 g/mol. The third-order valence-corrected chi connectivity index (χ3v) is 16.5. The Hall–Kier alpha value is 1.57. The largest absolute Gasteiger partial charge is 0.481 e. The van der Waals surface area contributed by atoms with E-state index in [9.17, 15) is 9.90 Å². The highest BCUT2D eigenvalue weighted by Gasteiger charge is 2.26. The molecule has 1 N–H and O–H groups in total. The quantitative estimate of drug-likeness (QED) is 0.0706. The summed E-state index contributed by atoms with van der Waals surface area (Å²) in [5.41, 5.74) is 0. The van der Waals surface area contributed by atoms with Gasteiger partial charge in [0.05, 0.1) is 43.0 Å². The molecule has 0 aliphatic heterocycles. The van der Waals surface area contributed by atoms with E-state index >= 15 is 0 Å². The van der Waals surface area contributed by atoms with E-state index in [4.69, 9.17) is 27.1 Å². The summed E-state index contributed by atoms with van der Waals surface area (Å²) >= 11 is 4.80. The van der Waals surface area contributed by atoms with Crippen molar-refractivity contribution in [3.8, 4) is 0 Å². The van der Waals surface area contributed by atoms with Gasteiger partial charge in [0, 0.05) is 17.3 Å². The van der Waals surface area contributed by atoms with Crippen LogP contribution in [-0.2, 0) is 31.9 Å². The van der Waals surface area contributed by atoms with E-state index in [1.807, 2.05) is 13.8 Å². The van der Waals surface area contributed by atoms with E-state index in [-0.39, 0.29) is 43.0 Å². The smallest absolute Gasteiger partial charge is 0.304 e. The van der Waals surface area contributed by atoms with E-state index in [1.54, 1.807) is 22.8 Å². The number of aliphatic carboxylic acids is 1. The molecule has 0 spiro atoms. The molecule has 0 aliphatic carbocycles. The van der Waals surface area contributed by atoms with Crippen LogP contribution in [-0.4, -0.2) is 65.0 Å². The Balaban J connectivity index is 5.38. The Kier molecular flexibility index (Phi) is 29.1. The Morgan fingerprint density at radius 2 is 0.723 bits per heavy atom. The third kappa shape index (κ3) is 29.8. The van der Waals surface area contributed by atoms with Crippen LogP contribution in [0.15, 0.2) is 0 Å². The summed E-state index contributed by atoms with van der Waals surface area (Å²) in [5.74, 6) is 3.18. The standard InChI is InChI=1S/C33H69O8P3S3/c1-23(2)17-27(9)36-43(37-28(10)18-24(3)4)46-21-31(13)40-42(45-16-15-33(34)35)41-32(14)22-47-44(38-29(11)19-25(5)6)39-30(12)20-26(7)8/h23-32H,15-22H2,1-14H3,(H,34,35). The topological polar surface area (TPSA) is 92.7 Å². The molecule has 0 heterocycles. The van der Waals surface area contributed by atoms with Gasteiger partial charge in [-0.3, -0.25) is 4.79 Å². The summed E-state index contributed by atoms with van der Waals surface area (Å²) in [6.45, 7) is 30.2. The van der Waals surface area contributed by atoms with E-state index in [0.29, 0.717) is 40.9 Å². The lowest BCUT2D eigenvalue weighted by Gasteiger charge is -2.28. The molecule has 0 aromatic heterocycles. The van der Waals surface area contributed by atoms with Gasteiger partial charge in [0.15, 0.2) is 0 Å². The second-order valence-electron chi connectivity index (χ2n) is 14.3. The van der Waals surface area contributed by atoms with Crippen LogP contribution in [0.4, 0.5) is 0 Å². The maximum absolute atomic E-state index is 11.3. The molecular weight excluding hydrogens is 713 g/mol. The van der Waals surface area contributed by atoms with E-state index < -0.39 is 28.7 Å². The van der Waals surface area contributed by atoms with Crippen LogP contribution in [0.1, 0.15) is 129 Å². The van der Waals surface area contributed by atoms with Crippen molar-refractivity contribution in [2.75, 3.05) is 17.3 Å². The Bertz CT molecular complexity index is 699. The normalized spacial score (nSPS) is 18.3. The molecule has 0 bridgehead atoms. The molecule has 0 saturated carbocycles. The van der Waals surface area contributed by atoms with Crippen molar-refractivity contribution in [2.45, 2.75) is 166 Å². The van der Waals surface area contributed by atoms with Crippen LogP contribution in [0.3, 0.4) is 0 Å². The summed E-state index contributed by atoms with van der Waals surface area (Å²) in [6.07, 6.45) is 4.18. The van der Waals surface area contributed by atoms with Crippen molar-refractivity contribution in [2.24, 2.45) is 23.7 Å². The predicted molar refractivity (Wildman–Crippen MR) is 211 cm³/mol. The zero-order chi connectivity index (χ0) is 36.1. The van der Waals surface area contributed by atoms with Crippen molar-refractivity contribution < 1.29 is 37.0 Å². The Labute approximate surface area is 305 Å². The number of carbonyl (C=O) groups is 1. The molecule has 282 valence electrons. The van der Waals surface area contributed by atoms with Crippen LogP contribution in [0.25, 0.3) is 0 Å². The minimum Gasteiger partial charge on any atom is -0.481 e. The molecule has 47 heavy (non-hydrogen) atoms. The predicted octanol–water partition coefficient (Wildman–Crippen LogP) is 13.0. The molecular formula is C33H69O8P3S3. The van der Waals surface area contributed by atoms with Crippen molar-refractivity contribution in [1.29, 1.82) is 0 Å². The molecule has 6 atom stereocenters. The molecule has 8 nitrogen and oxygen atoms in total. The van der Waals surface area contributed by atoms with Gasteiger partial charge in [-0.25, -0.2) is 0 Å².